The number of carboxylic acid groups (broad SMARTS) is 1. The molecule has 0 amide bonds. The lowest BCUT2D eigenvalue weighted by Gasteiger charge is -2.16. The average molecular weight is 400 g/mol. The molecule has 6 nitrogen and oxygen atoms in total. The second-order valence-electron chi connectivity index (χ2n) is 6.56. The van der Waals surface area contributed by atoms with Crippen LogP contribution in [0.1, 0.15) is 18.1 Å². The number of nitriles is 1. The quantitative estimate of drug-likeness (QED) is 0.677. The zero-order valence-corrected chi connectivity index (χ0v) is 15.6. The van der Waals surface area contributed by atoms with Crippen LogP contribution in [0.3, 0.4) is 0 Å². The number of hydrogen-bond acceptors (Lipinski definition) is 5. The number of nitrogens with one attached hydrogen (secondary N) is 1. The Hall–Kier alpha value is -3.60. The van der Waals surface area contributed by atoms with Gasteiger partial charge in [-0.05, 0) is 23.8 Å². The number of ether oxygens (including phenoxy) is 2. The summed E-state index contributed by atoms with van der Waals surface area (Å²) in [7, 11) is 0. The van der Waals surface area contributed by atoms with Crippen molar-refractivity contribution >= 4 is 11.7 Å². The van der Waals surface area contributed by atoms with Gasteiger partial charge in [0.2, 0.25) is 0 Å². The van der Waals surface area contributed by atoms with Crippen molar-refractivity contribution in [1.82, 2.24) is 0 Å². The molecule has 0 saturated carbocycles. The van der Waals surface area contributed by atoms with Crippen LogP contribution in [-0.2, 0) is 11.2 Å². The summed E-state index contributed by atoms with van der Waals surface area (Å²) < 4.78 is 36.3. The van der Waals surface area contributed by atoms with Crippen molar-refractivity contribution in [3.05, 3.63) is 53.6 Å². The molecular weight excluding hydrogens is 382 g/mol. The Morgan fingerprint density at radius 2 is 2.10 bits per heavy atom. The van der Waals surface area contributed by atoms with Crippen LogP contribution in [0.25, 0.3) is 11.1 Å². The molecule has 0 aliphatic carbocycles. The number of benzene rings is 2. The van der Waals surface area contributed by atoms with Gasteiger partial charge in [0.1, 0.15) is 17.6 Å². The van der Waals surface area contributed by atoms with Gasteiger partial charge in [-0.1, -0.05) is 18.7 Å². The molecule has 1 aliphatic rings. The zero-order valence-electron chi connectivity index (χ0n) is 15.6. The second kappa shape index (κ2) is 7.80. The Balaban J connectivity index is 1.99. The molecule has 29 heavy (non-hydrogen) atoms. The van der Waals surface area contributed by atoms with Gasteiger partial charge in [-0.15, -0.1) is 0 Å². The summed E-state index contributed by atoms with van der Waals surface area (Å²) in [6, 6.07) is 9.90. The van der Waals surface area contributed by atoms with Crippen LogP contribution in [0.15, 0.2) is 42.5 Å². The third kappa shape index (κ3) is 4.46. The number of alkyl halides is 2. The van der Waals surface area contributed by atoms with Crippen LogP contribution in [-0.4, -0.2) is 30.3 Å². The highest BCUT2D eigenvalue weighted by atomic mass is 19.3. The van der Waals surface area contributed by atoms with Gasteiger partial charge < -0.3 is 19.9 Å². The van der Waals surface area contributed by atoms with E-state index in [1.807, 2.05) is 0 Å². The first-order valence-corrected chi connectivity index (χ1v) is 8.74. The van der Waals surface area contributed by atoms with E-state index in [0.717, 1.165) is 0 Å². The molecule has 0 spiro atoms. The van der Waals surface area contributed by atoms with Gasteiger partial charge in [0.05, 0.1) is 17.9 Å². The fraction of sp³-hybridized carbons (Fsp3) is 0.238. The molecule has 0 saturated heterocycles. The highest BCUT2D eigenvalue weighted by Gasteiger charge is 2.26. The van der Waals surface area contributed by atoms with Crippen LogP contribution in [0.5, 0.6) is 11.5 Å². The van der Waals surface area contributed by atoms with Gasteiger partial charge >= 0.3 is 12.1 Å². The molecule has 1 heterocycles. The van der Waals surface area contributed by atoms with Crippen LogP contribution >= 0.6 is 0 Å². The van der Waals surface area contributed by atoms with Gasteiger partial charge in [-0.2, -0.15) is 14.0 Å². The number of nitrogens with zero attached hydrogens (tertiary/aromatic N) is 1. The lowest BCUT2D eigenvalue weighted by atomic mass is 9.95. The van der Waals surface area contributed by atoms with E-state index in [0.29, 0.717) is 53.6 Å². The van der Waals surface area contributed by atoms with E-state index >= 15 is 0 Å². The maximum atomic E-state index is 13.0. The number of carboxylic acids is 1. The van der Waals surface area contributed by atoms with Crippen LogP contribution in [0.4, 0.5) is 14.5 Å². The largest absolute Gasteiger partial charge is 0.492 e. The molecule has 150 valence electrons. The van der Waals surface area contributed by atoms with Crippen LogP contribution in [0, 0.1) is 11.3 Å². The number of fused-ring (bicyclic) bond motifs is 1. The molecule has 1 aliphatic heterocycles. The topological polar surface area (TPSA) is 91.6 Å². The molecule has 0 radical (unpaired) electrons. The predicted octanol–water partition coefficient (Wildman–Crippen LogP) is 4.20. The standard InChI is InChI=1S/C21H18F2N2O4/c1-12(20(26)27)11-25-18-9-16(19-15(7-8-28-19)17(18)10-24)13-3-5-14(6-4-13)29-21(2,22)23/h3-6,9,25H,1,7-8,11H2,2H3,(H,26,27). The number of anilines is 1. The smallest absolute Gasteiger partial charge is 0.394 e. The molecule has 0 aromatic heterocycles. The summed E-state index contributed by atoms with van der Waals surface area (Å²) in [4.78, 5) is 11.0. The molecule has 0 unspecified atom stereocenters. The summed E-state index contributed by atoms with van der Waals surface area (Å²) in [5.41, 5.74) is 2.84. The number of carbonyl (C=O) groups is 1. The molecule has 2 aromatic carbocycles. The fourth-order valence-corrected chi connectivity index (χ4v) is 3.05. The summed E-state index contributed by atoms with van der Waals surface area (Å²) in [5, 5.41) is 21.5. The number of hydrogen-bond donors (Lipinski definition) is 2. The summed E-state index contributed by atoms with van der Waals surface area (Å²) in [6.07, 6.45) is -2.76. The van der Waals surface area contributed by atoms with Crippen molar-refractivity contribution in [2.24, 2.45) is 0 Å². The highest BCUT2D eigenvalue weighted by molar-refractivity contribution is 5.87. The van der Waals surface area contributed by atoms with Gasteiger partial charge in [-0.25, -0.2) is 4.79 Å². The highest BCUT2D eigenvalue weighted by Crippen LogP contribution is 2.42. The lowest BCUT2D eigenvalue weighted by molar-refractivity contribution is -0.158. The third-order valence-electron chi connectivity index (χ3n) is 4.35. The van der Waals surface area contributed by atoms with E-state index in [2.05, 4.69) is 22.7 Å². The minimum atomic E-state index is -3.29. The summed E-state index contributed by atoms with van der Waals surface area (Å²) in [5.74, 6) is -0.564. The first kappa shape index (κ1) is 20.1. The van der Waals surface area contributed by atoms with Crippen molar-refractivity contribution < 1.29 is 28.2 Å². The van der Waals surface area contributed by atoms with Gasteiger partial charge in [0.15, 0.2) is 0 Å². The first-order valence-electron chi connectivity index (χ1n) is 8.74. The minimum absolute atomic E-state index is 0.0172. The van der Waals surface area contributed by atoms with Gasteiger partial charge in [0.25, 0.3) is 0 Å². The predicted molar refractivity (Wildman–Crippen MR) is 102 cm³/mol. The van der Waals surface area contributed by atoms with E-state index in [4.69, 9.17) is 9.84 Å². The summed E-state index contributed by atoms with van der Waals surface area (Å²) >= 11 is 0. The minimum Gasteiger partial charge on any atom is -0.492 e. The first-order chi connectivity index (χ1) is 13.7. The number of halogens is 2. The van der Waals surface area contributed by atoms with E-state index in [-0.39, 0.29) is 17.9 Å². The van der Waals surface area contributed by atoms with E-state index in [9.17, 15) is 18.8 Å². The monoisotopic (exact) mass is 400 g/mol. The second-order valence-corrected chi connectivity index (χ2v) is 6.56. The molecule has 3 rings (SSSR count). The van der Waals surface area contributed by atoms with Gasteiger partial charge in [0, 0.05) is 36.6 Å². The fourth-order valence-electron chi connectivity index (χ4n) is 3.05. The van der Waals surface area contributed by atoms with Crippen molar-refractivity contribution in [2.45, 2.75) is 19.5 Å². The Bertz CT molecular complexity index is 1010. The SMILES string of the molecule is C=C(CNc1cc(-c2ccc(OC(C)(F)F)cc2)c2c(c1C#N)CCO2)C(=O)O. The third-order valence-corrected chi connectivity index (χ3v) is 4.35. The molecule has 0 atom stereocenters. The Labute approximate surface area is 166 Å². The van der Waals surface area contributed by atoms with Crippen molar-refractivity contribution in [3.8, 4) is 28.7 Å². The average Bonchev–Trinajstić information content (AvgIpc) is 3.14. The van der Waals surface area contributed by atoms with E-state index in [1.165, 1.54) is 12.1 Å². The van der Waals surface area contributed by atoms with E-state index < -0.39 is 12.1 Å². The van der Waals surface area contributed by atoms with Crippen molar-refractivity contribution in [3.63, 3.8) is 0 Å². The molecule has 2 N–H and O–H groups in total. The van der Waals surface area contributed by atoms with Crippen molar-refractivity contribution in [2.75, 3.05) is 18.5 Å². The number of rotatable bonds is 7. The molecule has 0 bridgehead atoms. The van der Waals surface area contributed by atoms with E-state index in [1.54, 1.807) is 18.2 Å². The lowest BCUT2D eigenvalue weighted by Crippen LogP contribution is -2.18. The van der Waals surface area contributed by atoms with Crippen LogP contribution < -0.4 is 14.8 Å². The number of aliphatic carboxylic acids is 1. The molecular formula is C21H18F2N2O4. The normalized spacial score (nSPS) is 12.5. The maximum Gasteiger partial charge on any atom is 0.394 e. The molecule has 2 aromatic rings. The summed E-state index contributed by atoms with van der Waals surface area (Å²) in [6.45, 7) is 4.50. The molecule has 0 fully saturated rings. The van der Waals surface area contributed by atoms with Crippen LogP contribution in [0.2, 0.25) is 0 Å². The van der Waals surface area contributed by atoms with Crippen molar-refractivity contribution in [1.29, 1.82) is 5.26 Å². The molecule has 8 heteroatoms. The maximum absolute atomic E-state index is 13.0. The zero-order chi connectivity index (χ0) is 21.2. The Morgan fingerprint density at radius 3 is 2.69 bits per heavy atom. The Morgan fingerprint density at radius 1 is 1.41 bits per heavy atom. The van der Waals surface area contributed by atoms with Gasteiger partial charge in [-0.3, -0.25) is 0 Å². The Kier molecular flexibility index (Phi) is 5.41.